The summed E-state index contributed by atoms with van der Waals surface area (Å²) in [5, 5.41) is 12.6. The van der Waals surface area contributed by atoms with Crippen molar-refractivity contribution in [3.63, 3.8) is 0 Å². The molecule has 0 radical (unpaired) electrons. The highest BCUT2D eigenvalue weighted by molar-refractivity contribution is 7.14. The van der Waals surface area contributed by atoms with Crippen molar-refractivity contribution in [2.75, 3.05) is 6.54 Å². The van der Waals surface area contributed by atoms with Crippen molar-refractivity contribution in [3.8, 4) is 11.8 Å². The number of carbonyl (C=O) groups is 1. The van der Waals surface area contributed by atoms with Crippen LogP contribution in [0.2, 0.25) is 0 Å². The number of aromatic nitrogens is 1. The number of aryl methyl sites for hydroxylation is 1. The Hall–Kier alpha value is -2.03. The van der Waals surface area contributed by atoms with Gasteiger partial charge < -0.3 is 5.11 Å². The molecule has 0 fully saturated rings. The van der Waals surface area contributed by atoms with Gasteiger partial charge in [-0.15, -0.1) is 0 Å². The zero-order valence-corrected chi connectivity index (χ0v) is 9.28. The topological polar surface area (TPSA) is 99.0 Å². The van der Waals surface area contributed by atoms with Gasteiger partial charge >= 0.3 is 5.97 Å². The number of thiazole rings is 1. The van der Waals surface area contributed by atoms with Gasteiger partial charge in [-0.2, -0.15) is 0 Å². The summed E-state index contributed by atoms with van der Waals surface area (Å²) in [7, 11) is 0. The summed E-state index contributed by atoms with van der Waals surface area (Å²) in [4.78, 5) is 17.5. The lowest BCUT2D eigenvalue weighted by Crippen LogP contribution is -1.94. The Morgan fingerprint density at radius 3 is 3.06 bits per heavy atom. The van der Waals surface area contributed by atoms with Crippen LogP contribution in [0.1, 0.15) is 26.8 Å². The van der Waals surface area contributed by atoms with E-state index in [0.29, 0.717) is 23.7 Å². The number of hydrogen-bond acceptors (Lipinski definition) is 4. The number of carboxylic acids is 1. The molecule has 7 heteroatoms. The van der Waals surface area contributed by atoms with E-state index in [9.17, 15) is 4.79 Å². The largest absolute Gasteiger partial charge is 0.477 e. The standard InChI is InChI=1S/C9H8N4O2S/c1-6-8(9(14)15)16-7(12-6)4-2-3-5-11-13-10/h3,5H2,1H3,(H,14,15). The summed E-state index contributed by atoms with van der Waals surface area (Å²) in [6.45, 7) is 1.94. The van der Waals surface area contributed by atoms with Crippen LogP contribution in [0.4, 0.5) is 0 Å². The predicted molar refractivity (Wildman–Crippen MR) is 59.3 cm³/mol. The first-order valence-electron chi connectivity index (χ1n) is 4.35. The maximum Gasteiger partial charge on any atom is 0.347 e. The fraction of sp³-hybridized carbons (Fsp3) is 0.333. The van der Waals surface area contributed by atoms with E-state index in [-0.39, 0.29) is 4.88 Å². The van der Waals surface area contributed by atoms with E-state index in [1.807, 2.05) is 0 Å². The molecule has 0 amide bonds. The van der Waals surface area contributed by atoms with Crippen LogP contribution in [0, 0.1) is 18.8 Å². The molecule has 0 aliphatic heterocycles. The predicted octanol–water partition coefficient (Wildman–Crippen LogP) is 2.20. The molecule has 0 atom stereocenters. The summed E-state index contributed by atoms with van der Waals surface area (Å²) in [5.74, 6) is 4.50. The van der Waals surface area contributed by atoms with Crippen LogP contribution >= 0.6 is 11.3 Å². The highest BCUT2D eigenvalue weighted by Gasteiger charge is 2.12. The van der Waals surface area contributed by atoms with Gasteiger partial charge in [0.1, 0.15) is 4.88 Å². The number of nitrogens with zero attached hydrogens (tertiary/aromatic N) is 4. The molecule has 82 valence electrons. The van der Waals surface area contributed by atoms with E-state index in [1.165, 1.54) is 0 Å². The molecule has 0 bridgehead atoms. The Morgan fingerprint density at radius 2 is 2.50 bits per heavy atom. The van der Waals surface area contributed by atoms with Crippen molar-refractivity contribution in [1.82, 2.24) is 4.98 Å². The molecule has 0 aromatic carbocycles. The third-order valence-electron chi connectivity index (χ3n) is 1.59. The van der Waals surface area contributed by atoms with Gasteiger partial charge in [0.2, 0.25) is 0 Å². The van der Waals surface area contributed by atoms with Gasteiger partial charge in [-0.3, -0.25) is 0 Å². The van der Waals surface area contributed by atoms with Crippen LogP contribution < -0.4 is 0 Å². The normalized spacial score (nSPS) is 8.81. The van der Waals surface area contributed by atoms with Crippen LogP contribution in [0.3, 0.4) is 0 Å². The molecule has 0 aliphatic carbocycles. The quantitative estimate of drug-likeness (QED) is 0.286. The number of carboxylic acid groups (broad SMARTS) is 1. The maximum atomic E-state index is 10.7. The lowest BCUT2D eigenvalue weighted by molar-refractivity contribution is 0.0701. The molecule has 1 aromatic rings. The van der Waals surface area contributed by atoms with E-state index in [2.05, 4.69) is 26.9 Å². The molecule has 0 saturated heterocycles. The van der Waals surface area contributed by atoms with E-state index >= 15 is 0 Å². The van der Waals surface area contributed by atoms with Crippen molar-refractivity contribution in [2.45, 2.75) is 13.3 Å². The third-order valence-corrected chi connectivity index (χ3v) is 2.65. The number of rotatable bonds is 3. The molecular weight excluding hydrogens is 228 g/mol. The fourth-order valence-corrected chi connectivity index (χ4v) is 1.72. The molecule has 1 heterocycles. The second-order valence-corrected chi connectivity index (χ2v) is 3.74. The minimum Gasteiger partial charge on any atom is -0.477 e. The van der Waals surface area contributed by atoms with Crippen LogP contribution in [0.5, 0.6) is 0 Å². The first-order chi connectivity index (χ1) is 7.65. The van der Waals surface area contributed by atoms with Gasteiger partial charge in [0, 0.05) is 17.9 Å². The van der Waals surface area contributed by atoms with Crippen molar-refractivity contribution in [3.05, 3.63) is 26.0 Å². The van der Waals surface area contributed by atoms with Gasteiger partial charge in [-0.05, 0) is 18.4 Å². The van der Waals surface area contributed by atoms with E-state index in [0.717, 1.165) is 11.3 Å². The van der Waals surface area contributed by atoms with E-state index in [1.54, 1.807) is 6.92 Å². The monoisotopic (exact) mass is 236 g/mol. The highest BCUT2D eigenvalue weighted by Crippen LogP contribution is 2.16. The van der Waals surface area contributed by atoms with Crippen LogP contribution in [0.15, 0.2) is 5.11 Å². The van der Waals surface area contributed by atoms with Gasteiger partial charge in [0.25, 0.3) is 0 Å². The Bertz CT molecular complexity index is 505. The molecule has 16 heavy (non-hydrogen) atoms. The zero-order valence-electron chi connectivity index (χ0n) is 8.47. The third kappa shape index (κ3) is 3.28. The summed E-state index contributed by atoms with van der Waals surface area (Å²) in [6.07, 6.45) is 0.436. The van der Waals surface area contributed by atoms with Crippen molar-refractivity contribution >= 4 is 17.3 Å². The molecule has 6 nitrogen and oxygen atoms in total. The second kappa shape index (κ2) is 5.75. The van der Waals surface area contributed by atoms with Crippen molar-refractivity contribution in [1.29, 1.82) is 0 Å². The van der Waals surface area contributed by atoms with Gasteiger partial charge in [0.15, 0.2) is 5.01 Å². The fourth-order valence-electron chi connectivity index (χ4n) is 0.937. The van der Waals surface area contributed by atoms with Crippen LogP contribution in [-0.4, -0.2) is 22.6 Å². The maximum absolute atomic E-state index is 10.7. The zero-order chi connectivity index (χ0) is 12.0. The minimum atomic E-state index is -0.989. The van der Waals surface area contributed by atoms with Gasteiger partial charge in [-0.25, -0.2) is 9.78 Å². The Balaban J connectivity index is 2.71. The molecule has 1 N–H and O–H groups in total. The molecule has 1 rings (SSSR count). The lowest BCUT2D eigenvalue weighted by Gasteiger charge is -1.84. The summed E-state index contributed by atoms with van der Waals surface area (Å²) in [6, 6.07) is 0. The Kier molecular flexibility index (Phi) is 4.33. The van der Waals surface area contributed by atoms with Crippen molar-refractivity contribution in [2.24, 2.45) is 5.11 Å². The Labute approximate surface area is 95.6 Å². The number of azide groups is 1. The molecule has 0 saturated carbocycles. The summed E-state index contributed by atoms with van der Waals surface area (Å²) < 4.78 is 0. The van der Waals surface area contributed by atoms with E-state index in [4.69, 9.17) is 10.6 Å². The van der Waals surface area contributed by atoms with E-state index < -0.39 is 5.97 Å². The lowest BCUT2D eigenvalue weighted by atomic mass is 10.4. The average molecular weight is 236 g/mol. The number of hydrogen-bond donors (Lipinski definition) is 1. The average Bonchev–Trinajstić information content (AvgIpc) is 2.59. The van der Waals surface area contributed by atoms with Crippen molar-refractivity contribution < 1.29 is 9.90 Å². The van der Waals surface area contributed by atoms with Crippen LogP contribution in [0.25, 0.3) is 10.4 Å². The molecule has 0 spiro atoms. The number of aromatic carboxylic acids is 1. The molecule has 1 aromatic heterocycles. The van der Waals surface area contributed by atoms with Gasteiger partial charge in [0.05, 0.1) is 5.69 Å². The first kappa shape index (κ1) is 12.0. The summed E-state index contributed by atoms with van der Waals surface area (Å²) >= 11 is 1.04. The van der Waals surface area contributed by atoms with Crippen LogP contribution in [-0.2, 0) is 0 Å². The second-order valence-electron chi connectivity index (χ2n) is 2.74. The first-order valence-corrected chi connectivity index (χ1v) is 5.17. The molecular formula is C9H8N4O2S. The summed E-state index contributed by atoms with van der Waals surface area (Å²) in [5.41, 5.74) is 8.49. The smallest absolute Gasteiger partial charge is 0.347 e. The SMILES string of the molecule is Cc1nc(C#CCCN=[N+]=[N-])sc1C(=O)O. The van der Waals surface area contributed by atoms with Gasteiger partial charge in [-0.1, -0.05) is 22.4 Å². The minimum absolute atomic E-state index is 0.208. The Morgan fingerprint density at radius 1 is 1.75 bits per heavy atom. The highest BCUT2D eigenvalue weighted by atomic mass is 32.1. The molecule has 0 unspecified atom stereocenters. The molecule has 0 aliphatic rings.